The fourth-order valence-electron chi connectivity index (χ4n) is 1.48. The van der Waals surface area contributed by atoms with Crippen molar-refractivity contribution in [3.63, 3.8) is 0 Å². The van der Waals surface area contributed by atoms with E-state index in [0.29, 0.717) is 4.47 Å². The molecule has 84 valence electrons. The lowest BCUT2D eigenvalue weighted by Gasteiger charge is -2.11. The summed E-state index contributed by atoms with van der Waals surface area (Å²) in [5, 5.41) is 1.81. The summed E-state index contributed by atoms with van der Waals surface area (Å²) in [4.78, 5) is 1.20. The number of thiophene rings is 1. The predicted octanol–water partition coefficient (Wildman–Crippen LogP) is 5.17. The first-order valence-electron chi connectivity index (χ1n) is 4.79. The number of rotatable bonds is 3. The molecule has 1 atom stereocenters. The Morgan fingerprint density at radius 2 is 2.12 bits per heavy atom. The maximum Gasteiger partial charge on any atom is 0.137 e. The van der Waals surface area contributed by atoms with E-state index in [1.165, 1.54) is 10.9 Å². The zero-order chi connectivity index (χ0) is 11.5. The molecule has 0 nitrogen and oxygen atoms in total. The molecule has 16 heavy (non-hydrogen) atoms. The number of halogens is 3. The van der Waals surface area contributed by atoms with E-state index in [4.69, 9.17) is 11.6 Å². The molecule has 2 rings (SSSR count). The lowest BCUT2D eigenvalue weighted by atomic mass is 10.1. The zero-order valence-electron chi connectivity index (χ0n) is 8.29. The Morgan fingerprint density at radius 3 is 2.81 bits per heavy atom. The SMILES string of the molecule is Fc1cccc(C(Cl)Cc2cccs2)c1Br. The molecule has 1 aromatic heterocycles. The summed E-state index contributed by atoms with van der Waals surface area (Å²) >= 11 is 11.2. The summed E-state index contributed by atoms with van der Waals surface area (Å²) in [6.45, 7) is 0. The van der Waals surface area contributed by atoms with Gasteiger partial charge >= 0.3 is 0 Å². The summed E-state index contributed by atoms with van der Waals surface area (Å²) < 4.78 is 13.8. The van der Waals surface area contributed by atoms with Gasteiger partial charge in [-0.1, -0.05) is 18.2 Å². The van der Waals surface area contributed by atoms with Crippen LogP contribution in [0.2, 0.25) is 0 Å². The molecule has 0 aliphatic rings. The Hall–Kier alpha value is -0.380. The molecule has 1 unspecified atom stereocenters. The van der Waals surface area contributed by atoms with Gasteiger partial charge in [-0.25, -0.2) is 4.39 Å². The molecule has 0 radical (unpaired) electrons. The van der Waals surface area contributed by atoms with Crippen LogP contribution in [-0.2, 0) is 6.42 Å². The smallest absolute Gasteiger partial charge is 0.137 e. The van der Waals surface area contributed by atoms with Crippen molar-refractivity contribution in [1.82, 2.24) is 0 Å². The third kappa shape index (κ3) is 2.65. The van der Waals surface area contributed by atoms with E-state index in [9.17, 15) is 4.39 Å². The molecule has 0 amide bonds. The van der Waals surface area contributed by atoms with Gasteiger partial charge in [-0.3, -0.25) is 0 Å². The monoisotopic (exact) mass is 318 g/mol. The Bertz CT molecular complexity index is 470. The van der Waals surface area contributed by atoms with E-state index in [1.54, 1.807) is 17.4 Å². The van der Waals surface area contributed by atoms with Crippen LogP contribution in [0.5, 0.6) is 0 Å². The van der Waals surface area contributed by atoms with E-state index in [-0.39, 0.29) is 11.2 Å². The normalized spacial score (nSPS) is 12.7. The number of hydrogen-bond donors (Lipinski definition) is 0. The Balaban J connectivity index is 2.21. The molecule has 0 bridgehead atoms. The van der Waals surface area contributed by atoms with Gasteiger partial charge in [0, 0.05) is 11.3 Å². The van der Waals surface area contributed by atoms with Crippen molar-refractivity contribution >= 4 is 38.9 Å². The van der Waals surface area contributed by atoms with Crippen LogP contribution in [0.3, 0.4) is 0 Å². The summed E-state index contributed by atoms with van der Waals surface area (Å²) in [6, 6.07) is 8.97. The highest BCUT2D eigenvalue weighted by Crippen LogP contribution is 2.33. The standard InChI is InChI=1S/C12H9BrClFS/c13-12-9(4-1-5-11(12)15)10(14)7-8-3-2-6-16-8/h1-6,10H,7H2. The topological polar surface area (TPSA) is 0 Å². The van der Waals surface area contributed by atoms with Gasteiger partial charge in [0.25, 0.3) is 0 Å². The van der Waals surface area contributed by atoms with Gasteiger partial charge in [-0.05, 0) is 39.0 Å². The summed E-state index contributed by atoms with van der Waals surface area (Å²) in [6.07, 6.45) is 0.723. The molecule has 2 aromatic rings. The van der Waals surface area contributed by atoms with E-state index >= 15 is 0 Å². The fraction of sp³-hybridized carbons (Fsp3) is 0.167. The highest BCUT2D eigenvalue weighted by molar-refractivity contribution is 9.10. The highest BCUT2D eigenvalue weighted by atomic mass is 79.9. The van der Waals surface area contributed by atoms with Gasteiger partial charge < -0.3 is 0 Å². The number of benzene rings is 1. The van der Waals surface area contributed by atoms with E-state index in [0.717, 1.165) is 12.0 Å². The molecule has 0 saturated heterocycles. The minimum Gasteiger partial charge on any atom is -0.206 e. The van der Waals surface area contributed by atoms with Gasteiger partial charge in [0.1, 0.15) is 5.82 Å². The van der Waals surface area contributed by atoms with Crippen LogP contribution < -0.4 is 0 Å². The van der Waals surface area contributed by atoms with Gasteiger partial charge in [0.15, 0.2) is 0 Å². The van der Waals surface area contributed by atoms with E-state index in [1.807, 2.05) is 23.6 Å². The second-order valence-electron chi connectivity index (χ2n) is 3.39. The second kappa shape index (κ2) is 5.30. The first-order chi connectivity index (χ1) is 7.68. The molecule has 1 aromatic carbocycles. The average molecular weight is 320 g/mol. The third-order valence-corrected chi connectivity index (χ3v) is 4.40. The first kappa shape index (κ1) is 12.1. The molecule has 0 spiro atoms. The molecule has 0 fully saturated rings. The molecule has 0 aliphatic heterocycles. The van der Waals surface area contributed by atoms with Crippen molar-refractivity contribution in [2.45, 2.75) is 11.8 Å². The zero-order valence-corrected chi connectivity index (χ0v) is 11.4. The third-order valence-electron chi connectivity index (χ3n) is 2.28. The highest BCUT2D eigenvalue weighted by Gasteiger charge is 2.14. The van der Waals surface area contributed by atoms with Crippen LogP contribution in [0.15, 0.2) is 40.2 Å². The Kier molecular flexibility index (Phi) is 4.00. The van der Waals surface area contributed by atoms with Crippen molar-refractivity contribution in [3.05, 3.63) is 56.4 Å². The molecule has 0 saturated carbocycles. The van der Waals surface area contributed by atoms with Crippen LogP contribution in [0.1, 0.15) is 15.8 Å². The molecular weight excluding hydrogens is 311 g/mol. The molecule has 0 N–H and O–H groups in total. The second-order valence-corrected chi connectivity index (χ2v) is 5.75. The molecule has 1 heterocycles. The lowest BCUT2D eigenvalue weighted by molar-refractivity contribution is 0.617. The number of hydrogen-bond acceptors (Lipinski definition) is 1. The number of alkyl halides is 1. The molecule has 4 heteroatoms. The van der Waals surface area contributed by atoms with E-state index in [2.05, 4.69) is 15.9 Å². The Morgan fingerprint density at radius 1 is 1.31 bits per heavy atom. The van der Waals surface area contributed by atoms with Gasteiger partial charge in [0.05, 0.1) is 9.85 Å². The molecular formula is C12H9BrClFS. The molecule has 0 aliphatic carbocycles. The summed E-state index contributed by atoms with van der Waals surface area (Å²) in [5.41, 5.74) is 0.801. The maximum absolute atomic E-state index is 13.3. The van der Waals surface area contributed by atoms with Crippen molar-refractivity contribution < 1.29 is 4.39 Å². The van der Waals surface area contributed by atoms with Crippen LogP contribution in [0, 0.1) is 5.82 Å². The lowest BCUT2D eigenvalue weighted by Crippen LogP contribution is -1.96. The predicted molar refractivity (Wildman–Crippen MR) is 70.7 cm³/mol. The van der Waals surface area contributed by atoms with Crippen LogP contribution in [0.4, 0.5) is 4.39 Å². The van der Waals surface area contributed by atoms with E-state index < -0.39 is 0 Å². The average Bonchev–Trinajstić information content (AvgIpc) is 2.74. The van der Waals surface area contributed by atoms with Crippen molar-refractivity contribution in [1.29, 1.82) is 0 Å². The maximum atomic E-state index is 13.3. The van der Waals surface area contributed by atoms with Gasteiger partial charge in [0.2, 0.25) is 0 Å². The fourth-order valence-corrected chi connectivity index (χ4v) is 3.34. The van der Waals surface area contributed by atoms with Crippen LogP contribution in [-0.4, -0.2) is 0 Å². The first-order valence-corrected chi connectivity index (χ1v) is 6.89. The largest absolute Gasteiger partial charge is 0.206 e. The summed E-state index contributed by atoms with van der Waals surface area (Å²) in [7, 11) is 0. The van der Waals surface area contributed by atoms with Gasteiger partial charge in [-0.15, -0.1) is 22.9 Å². The minimum atomic E-state index is -0.269. The van der Waals surface area contributed by atoms with Crippen molar-refractivity contribution in [2.24, 2.45) is 0 Å². The van der Waals surface area contributed by atoms with Gasteiger partial charge in [-0.2, -0.15) is 0 Å². The van der Waals surface area contributed by atoms with Crippen molar-refractivity contribution in [3.8, 4) is 0 Å². The van der Waals surface area contributed by atoms with Crippen molar-refractivity contribution in [2.75, 3.05) is 0 Å². The minimum absolute atomic E-state index is 0.205. The summed E-state index contributed by atoms with van der Waals surface area (Å²) in [5.74, 6) is -0.269. The quantitative estimate of drug-likeness (QED) is 0.684. The Labute approximate surface area is 111 Å². The van der Waals surface area contributed by atoms with Crippen LogP contribution in [0.25, 0.3) is 0 Å². The van der Waals surface area contributed by atoms with Crippen LogP contribution >= 0.6 is 38.9 Å².